The molecule has 160 valence electrons. The average Bonchev–Trinajstić information content (AvgIpc) is 3.46. The number of carbonyl (C=O) groups is 2. The molecule has 0 radical (unpaired) electrons. The van der Waals surface area contributed by atoms with Crippen LogP contribution in [0.4, 0.5) is 0 Å². The number of hydrazine groups is 1. The number of benzene rings is 1. The van der Waals surface area contributed by atoms with Gasteiger partial charge in [0, 0.05) is 31.5 Å². The van der Waals surface area contributed by atoms with Crippen LogP contribution in [0.3, 0.4) is 0 Å². The summed E-state index contributed by atoms with van der Waals surface area (Å²) in [6.45, 7) is 1.17. The van der Waals surface area contributed by atoms with Crippen molar-refractivity contribution in [2.45, 2.75) is 30.7 Å². The summed E-state index contributed by atoms with van der Waals surface area (Å²) in [5.74, 6) is 1.64. The fourth-order valence-corrected chi connectivity index (χ4v) is 4.45. The van der Waals surface area contributed by atoms with Gasteiger partial charge in [-0.3, -0.25) is 14.6 Å². The first kappa shape index (κ1) is 21.0. The molecule has 0 N–H and O–H groups in total. The maximum atomic E-state index is 13.3. The molecule has 1 fully saturated rings. The molecule has 1 aromatic heterocycles. The van der Waals surface area contributed by atoms with Gasteiger partial charge in [-0.15, -0.1) is 11.8 Å². The molecule has 31 heavy (non-hydrogen) atoms. The Morgan fingerprint density at radius 1 is 1.16 bits per heavy atom. The zero-order chi connectivity index (χ0) is 21.6. The van der Waals surface area contributed by atoms with Crippen LogP contribution in [0.1, 0.15) is 35.2 Å². The Kier molecular flexibility index (Phi) is 6.57. The molecule has 2 amide bonds. The van der Waals surface area contributed by atoms with E-state index in [1.165, 1.54) is 21.8 Å². The van der Waals surface area contributed by atoms with Crippen LogP contribution < -0.4 is 9.47 Å². The summed E-state index contributed by atoms with van der Waals surface area (Å²) < 4.78 is 10.7. The van der Waals surface area contributed by atoms with Crippen LogP contribution in [0.2, 0.25) is 0 Å². The molecule has 1 aromatic carbocycles. The molecule has 0 atom stereocenters. The second kappa shape index (κ2) is 9.71. The van der Waals surface area contributed by atoms with Crippen molar-refractivity contribution in [2.75, 3.05) is 25.6 Å². The Morgan fingerprint density at radius 2 is 2.00 bits per heavy atom. The number of carbonyl (C=O) groups excluding carboxylic acids is 2. The van der Waals surface area contributed by atoms with Gasteiger partial charge in [-0.05, 0) is 42.7 Å². The lowest BCUT2D eigenvalue weighted by molar-refractivity contribution is -0.139. The quantitative estimate of drug-likeness (QED) is 0.484. The van der Waals surface area contributed by atoms with Crippen LogP contribution >= 0.6 is 11.8 Å². The normalized spacial score (nSPS) is 14.5. The lowest BCUT2D eigenvalue weighted by atomic mass is 10.1. The van der Waals surface area contributed by atoms with E-state index >= 15 is 0 Å². The van der Waals surface area contributed by atoms with Crippen molar-refractivity contribution < 1.29 is 19.1 Å². The third kappa shape index (κ3) is 4.75. The van der Waals surface area contributed by atoms with Crippen molar-refractivity contribution in [3.8, 4) is 17.6 Å². The summed E-state index contributed by atoms with van der Waals surface area (Å²) in [7, 11) is 0. The smallest absolute Gasteiger partial charge is 0.275 e. The number of thioether (sulfide) groups is 1. The van der Waals surface area contributed by atoms with Crippen molar-refractivity contribution in [1.82, 2.24) is 15.0 Å². The lowest BCUT2D eigenvalue weighted by Crippen LogP contribution is -2.45. The van der Waals surface area contributed by atoms with E-state index in [9.17, 15) is 9.59 Å². The molecule has 8 nitrogen and oxygen atoms in total. The second-order valence-electron chi connectivity index (χ2n) is 7.13. The Bertz CT molecular complexity index is 1020. The topological polar surface area (TPSA) is 95.8 Å². The van der Waals surface area contributed by atoms with Crippen molar-refractivity contribution in [1.29, 1.82) is 5.26 Å². The van der Waals surface area contributed by atoms with Gasteiger partial charge < -0.3 is 9.47 Å². The van der Waals surface area contributed by atoms with Gasteiger partial charge in [0.2, 0.25) is 12.7 Å². The number of unbranched alkanes of at least 4 members (excludes halogenated alkanes) is 1. The van der Waals surface area contributed by atoms with Gasteiger partial charge in [0.15, 0.2) is 11.5 Å². The maximum Gasteiger partial charge on any atom is 0.275 e. The minimum atomic E-state index is -0.229. The number of amides is 2. The number of nitrogens with zero attached hydrogens (tertiary/aromatic N) is 4. The monoisotopic (exact) mass is 438 g/mol. The predicted molar refractivity (Wildman–Crippen MR) is 113 cm³/mol. The van der Waals surface area contributed by atoms with Crippen molar-refractivity contribution in [2.24, 2.45) is 0 Å². The summed E-state index contributed by atoms with van der Waals surface area (Å²) in [5.41, 5.74) is 1.29. The molecular weight excluding hydrogens is 416 g/mol. The first-order valence-electron chi connectivity index (χ1n) is 10.1. The number of ether oxygens (including phenoxy) is 2. The highest BCUT2D eigenvalue weighted by molar-refractivity contribution is 7.99. The Labute approximate surface area is 184 Å². The second-order valence-corrected chi connectivity index (χ2v) is 8.21. The van der Waals surface area contributed by atoms with Crippen LogP contribution in [0.25, 0.3) is 0 Å². The van der Waals surface area contributed by atoms with Crippen molar-refractivity contribution >= 4 is 23.6 Å². The van der Waals surface area contributed by atoms with Crippen molar-refractivity contribution in [3.63, 3.8) is 0 Å². The minimum absolute atomic E-state index is 0.142. The summed E-state index contributed by atoms with van der Waals surface area (Å²) in [4.78, 5) is 30.6. The van der Waals surface area contributed by atoms with Gasteiger partial charge in [-0.1, -0.05) is 6.07 Å². The molecule has 9 heteroatoms. The molecule has 4 rings (SSSR count). The summed E-state index contributed by atoms with van der Waals surface area (Å²) in [5, 5.41) is 12.4. The van der Waals surface area contributed by atoms with Gasteiger partial charge in [0.25, 0.3) is 5.91 Å². The van der Waals surface area contributed by atoms with E-state index in [1.54, 1.807) is 30.5 Å². The highest BCUT2D eigenvalue weighted by Gasteiger charge is 2.32. The van der Waals surface area contributed by atoms with E-state index in [0.717, 1.165) is 18.4 Å². The largest absolute Gasteiger partial charge is 0.454 e. The Hall–Kier alpha value is -3.25. The molecule has 2 aliphatic rings. The third-order valence-corrected chi connectivity index (χ3v) is 6.11. The van der Waals surface area contributed by atoms with Crippen LogP contribution in [-0.2, 0) is 11.2 Å². The van der Waals surface area contributed by atoms with Gasteiger partial charge in [-0.25, -0.2) is 9.99 Å². The number of fused-ring (bicyclic) bond motifs is 1. The molecule has 1 saturated heterocycles. The number of hydrogen-bond acceptors (Lipinski definition) is 7. The van der Waals surface area contributed by atoms with Gasteiger partial charge in [0.05, 0.1) is 18.1 Å². The van der Waals surface area contributed by atoms with E-state index in [1.807, 2.05) is 6.07 Å². The van der Waals surface area contributed by atoms with E-state index in [2.05, 4.69) is 11.1 Å². The van der Waals surface area contributed by atoms with Crippen molar-refractivity contribution in [3.05, 3.63) is 47.7 Å². The fraction of sp³-hybridized carbons (Fsp3) is 0.364. The number of aromatic nitrogens is 1. The first-order valence-corrected chi connectivity index (χ1v) is 11.1. The van der Waals surface area contributed by atoms with E-state index in [0.29, 0.717) is 47.4 Å². The van der Waals surface area contributed by atoms with Gasteiger partial charge in [0.1, 0.15) is 5.03 Å². The number of nitriles is 1. The van der Waals surface area contributed by atoms with Crippen LogP contribution in [0, 0.1) is 11.3 Å². The zero-order valence-corrected chi connectivity index (χ0v) is 17.8. The lowest BCUT2D eigenvalue weighted by Gasteiger charge is -2.28. The molecule has 0 spiro atoms. The van der Waals surface area contributed by atoms with Crippen LogP contribution in [0.15, 0.2) is 41.6 Å². The minimum Gasteiger partial charge on any atom is -0.454 e. The van der Waals surface area contributed by atoms with E-state index in [-0.39, 0.29) is 25.0 Å². The SMILES string of the molecule is N#CCCCSc1ncccc1C(=O)N1CCCN1C(=O)Cc1ccc2c(c1)OCO2. The molecule has 0 bridgehead atoms. The van der Waals surface area contributed by atoms with E-state index < -0.39 is 0 Å². The highest BCUT2D eigenvalue weighted by Crippen LogP contribution is 2.33. The molecule has 0 saturated carbocycles. The molecule has 0 unspecified atom stereocenters. The predicted octanol–water partition coefficient (Wildman–Crippen LogP) is 3.04. The third-order valence-electron chi connectivity index (χ3n) is 5.02. The Morgan fingerprint density at radius 3 is 2.87 bits per heavy atom. The molecule has 2 aromatic rings. The molecule has 3 heterocycles. The van der Waals surface area contributed by atoms with Crippen LogP contribution in [0.5, 0.6) is 11.5 Å². The maximum absolute atomic E-state index is 13.3. The summed E-state index contributed by atoms with van der Waals surface area (Å²) >= 11 is 1.46. The van der Waals surface area contributed by atoms with Gasteiger partial charge >= 0.3 is 0 Å². The van der Waals surface area contributed by atoms with E-state index in [4.69, 9.17) is 14.7 Å². The average molecular weight is 439 g/mol. The van der Waals surface area contributed by atoms with Gasteiger partial charge in [-0.2, -0.15) is 5.26 Å². The molecule has 0 aliphatic carbocycles. The first-order chi connectivity index (χ1) is 15.2. The van der Waals surface area contributed by atoms with Crippen LogP contribution in [-0.4, -0.2) is 52.5 Å². The molecular formula is C22H22N4O4S. The standard InChI is InChI=1S/C22H22N4O4S/c23-8-1-2-12-31-21-17(5-3-9-24-21)22(28)26-11-4-10-25(26)20(27)14-16-6-7-18-19(13-16)30-15-29-18/h3,5-7,9,13H,1-2,4,10-12,14-15H2. The summed E-state index contributed by atoms with van der Waals surface area (Å²) in [6.07, 6.45) is 3.75. The summed E-state index contributed by atoms with van der Waals surface area (Å²) in [6, 6.07) is 11.0. The zero-order valence-electron chi connectivity index (χ0n) is 17.0. The highest BCUT2D eigenvalue weighted by atomic mass is 32.2. The fourth-order valence-electron chi connectivity index (χ4n) is 3.53. The Balaban J connectivity index is 1.45. The number of hydrogen-bond donors (Lipinski definition) is 0. The number of rotatable bonds is 7. The molecule has 2 aliphatic heterocycles. The number of pyridine rings is 1.